The topological polar surface area (TPSA) is 74.8 Å². The van der Waals surface area contributed by atoms with Gasteiger partial charge in [0.2, 0.25) is 0 Å². The number of hydrogen-bond donors (Lipinski definition) is 0. The van der Waals surface area contributed by atoms with Gasteiger partial charge < -0.3 is 28.9 Å². The molecule has 3 aliphatic heterocycles. The third-order valence-corrected chi connectivity index (χ3v) is 8.83. The van der Waals surface area contributed by atoms with Crippen molar-refractivity contribution < 1.29 is 23.8 Å². The van der Waals surface area contributed by atoms with Gasteiger partial charge in [-0.15, -0.1) is 0 Å². The molecule has 2 fully saturated rings. The maximum atomic E-state index is 14.5. The van der Waals surface area contributed by atoms with E-state index in [0.29, 0.717) is 37.0 Å². The summed E-state index contributed by atoms with van der Waals surface area (Å²) >= 11 is 0. The zero-order chi connectivity index (χ0) is 29.3. The monoisotopic (exact) mass is 578 g/mol. The molecule has 9 nitrogen and oxygen atoms in total. The Hall–Kier alpha value is -3.14. The highest BCUT2D eigenvalue weighted by Crippen LogP contribution is 2.30. The summed E-state index contributed by atoms with van der Waals surface area (Å²) in [5, 5.41) is 0. The molecular weight excluding hydrogens is 532 g/mol. The van der Waals surface area contributed by atoms with E-state index < -0.39 is 0 Å². The number of fused-ring (bicyclic) bond motifs is 1. The first-order valence-electron chi connectivity index (χ1n) is 15.5. The minimum Gasteiger partial charge on any atom is -0.496 e. The fraction of sp³-hybridized carbons (Fsp3) is 0.576. The number of anilines is 2. The average Bonchev–Trinajstić information content (AvgIpc) is 3.08. The summed E-state index contributed by atoms with van der Waals surface area (Å²) in [7, 11) is 3.18. The molecule has 0 saturated carbocycles. The van der Waals surface area contributed by atoms with Crippen LogP contribution in [-0.2, 0) is 20.8 Å². The van der Waals surface area contributed by atoms with Crippen molar-refractivity contribution >= 4 is 23.2 Å². The third kappa shape index (κ3) is 7.25. The van der Waals surface area contributed by atoms with E-state index in [2.05, 4.69) is 15.9 Å². The van der Waals surface area contributed by atoms with E-state index in [1.807, 2.05) is 46.2 Å². The number of benzene rings is 2. The first-order chi connectivity index (χ1) is 20.6. The molecule has 0 aromatic heterocycles. The van der Waals surface area contributed by atoms with Crippen LogP contribution in [0.2, 0.25) is 0 Å². The first kappa shape index (κ1) is 30.3. The predicted octanol–water partition coefficient (Wildman–Crippen LogP) is 4.19. The molecule has 0 bridgehead atoms. The number of nitrogens with zero attached hydrogens (tertiary/aromatic N) is 4. The van der Waals surface area contributed by atoms with Crippen LogP contribution in [0.4, 0.5) is 11.4 Å². The van der Waals surface area contributed by atoms with Gasteiger partial charge in [-0.2, -0.15) is 0 Å². The molecule has 0 aliphatic carbocycles. The van der Waals surface area contributed by atoms with Crippen molar-refractivity contribution in [2.24, 2.45) is 0 Å². The Balaban J connectivity index is 1.50. The second-order valence-corrected chi connectivity index (χ2v) is 11.5. The van der Waals surface area contributed by atoms with Gasteiger partial charge in [0.05, 0.1) is 12.7 Å². The SMILES string of the molecule is COCC(=O)N1CCCN(C2CCOCC2)CCN(C(=O)c2cc(N3CCCCC3)ccc2OC)Cc2ccccc21. The van der Waals surface area contributed by atoms with Crippen LogP contribution in [0.3, 0.4) is 0 Å². The number of rotatable bonds is 6. The first-order valence-corrected chi connectivity index (χ1v) is 15.5. The van der Waals surface area contributed by atoms with E-state index in [1.165, 1.54) is 19.3 Å². The highest BCUT2D eigenvalue weighted by atomic mass is 16.5. The zero-order valence-electron chi connectivity index (χ0n) is 25.3. The summed E-state index contributed by atoms with van der Waals surface area (Å²) in [6.07, 6.45) is 6.37. The van der Waals surface area contributed by atoms with E-state index in [-0.39, 0.29) is 18.4 Å². The molecule has 0 atom stereocenters. The molecule has 0 unspecified atom stereocenters. The smallest absolute Gasteiger partial charge is 0.258 e. The summed E-state index contributed by atoms with van der Waals surface area (Å²) in [5.41, 5.74) is 3.43. The molecular formula is C33H46N4O5. The van der Waals surface area contributed by atoms with E-state index in [1.54, 1.807) is 14.2 Å². The van der Waals surface area contributed by atoms with E-state index in [0.717, 1.165) is 75.6 Å². The number of ether oxygens (including phenoxy) is 3. The van der Waals surface area contributed by atoms with Crippen LogP contribution in [0.5, 0.6) is 5.75 Å². The van der Waals surface area contributed by atoms with Crippen LogP contribution in [0.25, 0.3) is 0 Å². The number of hydrogen-bond acceptors (Lipinski definition) is 7. The van der Waals surface area contributed by atoms with Crippen LogP contribution in [0, 0.1) is 0 Å². The lowest BCUT2D eigenvalue weighted by Gasteiger charge is -2.36. The highest BCUT2D eigenvalue weighted by Gasteiger charge is 2.28. The predicted molar refractivity (Wildman–Crippen MR) is 165 cm³/mol. The van der Waals surface area contributed by atoms with Crippen LogP contribution >= 0.6 is 0 Å². The second-order valence-electron chi connectivity index (χ2n) is 11.5. The Morgan fingerprint density at radius 1 is 0.881 bits per heavy atom. The van der Waals surface area contributed by atoms with Gasteiger partial charge in [-0.3, -0.25) is 14.5 Å². The van der Waals surface area contributed by atoms with Crippen molar-refractivity contribution in [2.45, 2.75) is 51.1 Å². The average molecular weight is 579 g/mol. The number of carbonyl (C=O) groups is 2. The molecule has 42 heavy (non-hydrogen) atoms. The molecule has 2 amide bonds. The van der Waals surface area contributed by atoms with Crippen molar-refractivity contribution in [3.63, 3.8) is 0 Å². The lowest BCUT2D eigenvalue weighted by molar-refractivity contribution is -0.122. The molecule has 0 spiro atoms. The Kier molecular flexibility index (Phi) is 10.7. The Bertz CT molecular complexity index is 1190. The van der Waals surface area contributed by atoms with Crippen LogP contribution in [-0.4, -0.2) is 101 Å². The quantitative estimate of drug-likeness (QED) is 0.509. The van der Waals surface area contributed by atoms with Gasteiger partial charge in [-0.1, -0.05) is 18.2 Å². The van der Waals surface area contributed by atoms with Gasteiger partial charge in [0.15, 0.2) is 0 Å². The molecule has 0 radical (unpaired) electrons. The van der Waals surface area contributed by atoms with Gasteiger partial charge in [0, 0.05) is 83.6 Å². The van der Waals surface area contributed by atoms with E-state index in [4.69, 9.17) is 14.2 Å². The van der Waals surface area contributed by atoms with Crippen molar-refractivity contribution in [1.29, 1.82) is 0 Å². The van der Waals surface area contributed by atoms with E-state index in [9.17, 15) is 9.59 Å². The van der Waals surface area contributed by atoms with Gasteiger partial charge >= 0.3 is 0 Å². The molecule has 5 rings (SSSR count). The van der Waals surface area contributed by atoms with Gasteiger partial charge in [-0.25, -0.2) is 0 Å². The third-order valence-electron chi connectivity index (χ3n) is 8.83. The standard InChI is InChI=1S/C33H46N4O5/c1-40-25-32(38)37-18-8-17-35(27-13-21-42-22-14-27)19-20-36(24-26-9-4-5-10-30(26)37)33(39)29-23-28(11-12-31(29)41-2)34-15-6-3-7-16-34/h4-5,9-12,23,27H,3,6-8,13-22,24-25H2,1-2H3. The second kappa shape index (κ2) is 14.8. The van der Waals surface area contributed by atoms with E-state index >= 15 is 0 Å². The van der Waals surface area contributed by atoms with Crippen molar-refractivity contribution in [3.05, 3.63) is 53.6 Å². The minimum atomic E-state index is -0.0735. The molecule has 3 aliphatic rings. The van der Waals surface area contributed by atoms with Crippen molar-refractivity contribution in [2.75, 3.05) is 83.1 Å². The van der Waals surface area contributed by atoms with Crippen LogP contribution in [0.1, 0.15) is 54.4 Å². The Morgan fingerprint density at radius 2 is 1.67 bits per heavy atom. The highest BCUT2D eigenvalue weighted by molar-refractivity contribution is 5.98. The number of carbonyl (C=O) groups excluding carboxylic acids is 2. The van der Waals surface area contributed by atoms with Gasteiger partial charge in [0.25, 0.3) is 11.8 Å². The zero-order valence-corrected chi connectivity index (χ0v) is 25.3. The Labute approximate surface area is 250 Å². The number of piperidine rings is 1. The van der Waals surface area contributed by atoms with Crippen LogP contribution in [0.15, 0.2) is 42.5 Å². The van der Waals surface area contributed by atoms with Crippen molar-refractivity contribution in [3.8, 4) is 5.75 Å². The van der Waals surface area contributed by atoms with Crippen molar-refractivity contribution in [1.82, 2.24) is 9.80 Å². The minimum absolute atomic E-state index is 0.0150. The Morgan fingerprint density at radius 3 is 2.43 bits per heavy atom. The summed E-state index contributed by atoms with van der Waals surface area (Å²) in [5.74, 6) is 0.457. The van der Waals surface area contributed by atoms with Crippen LogP contribution < -0.4 is 14.5 Å². The fourth-order valence-electron chi connectivity index (χ4n) is 6.54. The molecule has 2 aromatic carbocycles. The van der Waals surface area contributed by atoms with Gasteiger partial charge in [-0.05, 0) is 68.4 Å². The number of amides is 2. The molecule has 228 valence electrons. The summed E-state index contributed by atoms with van der Waals surface area (Å²) in [6, 6.07) is 14.3. The maximum absolute atomic E-state index is 14.5. The largest absolute Gasteiger partial charge is 0.496 e. The molecule has 2 aromatic rings. The molecule has 0 N–H and O–H groups in total. The van der Waals surface area contributed by atoms with Gasteiger partial charge in [0.1, 0.15) is 12.4 Å². The molecule has 2 saturated heterocycles. The summed E-state index contributed by atoms with van der Waals surface area (Å²) in [6.45, 7) is 6.71. The number of methoxy groups -OCH3 is 2. The summed E-state index contributed by atoms with van der Waals surface area (Å²) in [4.78, 5) is 36.4. The molecule has 3 heterocycles. The lowest BCUT2D eigenvalue weighted by Crippen LogP contribution is -2.45. The maximum Gasteiger partial charge on any atom is 0.258 e. The molecule has 9 heteroatoms. The summed E-state index contributed by atoms with van der Waals surface area (Å²) < 4.78 is 16.6. The fourth-order valence-corrected chi connectivity index (χ4v) is 6.54. The normalized spacial score (nSPS) is 19.6. The number of para-hydroxylation sites is 1. The lowest BCUT2D eigenvalue weighted by atomic mass is 10.1.